The molecule has 1 fully saturated rings. The minimum atomic E-state index is 0. The second-order valence-corrected chi connectivity index (χ2v) is 5.85. The summed E-state index contributed by atoms with van der Waals surface area (Å²) >= 11 is 0. The fraction of sp³-hybridized carbons (Fsp3) is 0.611. The van der Waals surface area contributed by atoms with Gasteiger partial charge in [0.25, 0.3) is 0 Å². The summed E-state index contributed by atoms with van der Waals surface area (Å²) in [4.78, 5) is 4.40. The van der Waals surface area contributed by atoms with Crippen molar-refractivity contribution in [3.8, 4) is 11.5 Å². The number of halogens is 1. The van der Waals surface area contributed by atoms with Crippen molar-refractivity contribution in [2.75, 3.05) is 26.3 Å². The van der Waals surface area contributed by atoms with Gasteiger partial charge in [0.1, 0.15) is 0 Å². The van der Waals surface area contributed by atoms with Crippen molar-refractivity contribution in [3.63, 3.8) is 0 Å². The minimum Gasteiger partial charge on any atom is -0.490 e. The van der Waals surface area contributed by atoms with E-state index in [-0.39, 0.29) is 24.0 Å². The lowest BCUT2D eigenvalue weighted by Crippen LogP contribution is -2.34. The highest BCUT2D eigenvalue weighted by Gasteiger charge is 2.16. The maximum absolute atomic E-state index is 5.90. The standard InChI is InChI=1S/C18H29N3O2.HI/c1-3-22-16-9-8-14(12-17(16)23-4-2)10-11-20-18(19)21-13-15-6-5-7-15;/h8-9,12,15H,3-7,10-11,13H2,1-2H3,(H3,19,20,21);1H. The predicted molar refractivity (Wildman–Crippen MR) is 110 cm³/mol. The Morgan fingerprint density at radius 1 is 1.21 bits per heavy atom. The van der Waals surface area contributed by atoms with E-state index in [4.69, 9.17) is 15.2 Å². The van der Waals surface area contributed by atoms with Crippen LogP contribution in [-0.2, 0) is 6.42 Å². The maximum Gasteiger partial charge on any atom is 0.188 e. The van der Waals surface area contributed by atoms with Crippen molar-refractivity contribution >= 4 is 29.9 Å². The Morgan fingerprint density at radius 3 is 2.54 bits per heavy atom. The Balaban J connectivity index is 0.00000288. The smallest absolute Gasteiger partial charge is 0.188 e. The third-order valence-corrected chi connectivity index (χ3v) is 4.07. The molecule has 24 heavy (non-hydrogen) atoms. The van der Waals surface area contributed by atoms with Gasteiger partial charge in [0.05, 0.1) is 13.2 Å². The number of hydrogen-bond donors (Lipinski definition) is 2. The summed E-state index contributed by atoms with van der Waals surface area (Å²) in [6, 6.07) is 6.08. The van der Waals surface area contributed by atoms with Gasteiger partial charge in [0.15, 0.2) is 17.5 Å². The Morgan fingerprint density at radius 2 is 1.92 bits per heavy atom. The lowest BCUT2D eigenvalue weighted by atomic mass is 9.86. The number of nitrogens with one attached hydrogen (secondary N) is 1. The first kappa shape index (κ1) is 20.9. The number of nitrogens with two attached hydrogens (primary N) is 1. The third-order valence-electron chi connectivity index (χ3n) is 4.07. The highest BCUT2D eigenvalue weighted by molar-refractivity contribution is 14.0. The third kappa shape index (κ3) is 6.75. The van der Waals surface area contributed by atoms with Gasteiger partial charge >= 0.3 is 0 Å². The number of hydrogen-bond acceptors (Lipinski definition) is 3. The van der Waals surface area contributed by atoms with Crippen LogP contribution in [0, 0.1) is 5.92 Å². The summed E-state index contributed by atoms with van der Waals surface area (Å²) in [6.45, 7) is 6.83. The van der Waals surface area contributed by atoms with Gasteiger partial charge in [-0.2, -0.15) is 0 Å². The highest BCUT2D eigenvalue weighted by Crippen LogP contribution is 2.28. The van der Waals surface area contributed by atoms with Crippen LogP contribution in [0.25, 0.3) is 0 Å². The molecule has 0 spiro atoms. The molecule has 1 aliphatic rings. The van der Waals surface area contributed by atoms with Crippen molar-refractivity contribution in [3.05, 3.63) is 23.8 Å². The van der Waals surface area contributed by atoms with Gasteiger partial charge in [0.2, 0.25) is 0 Å². The largest absolute Gasteiger partial charge is 0.490 e. The van der Waals surface area contributed by atoms with Crippen molar-refractivity contribution in [1.29, 1.82) is 0 Å². The van der Waals surface area contributed by atoms with E-state index in [0.717, 1.165) is 36.9 Å². The van der Waals surface area contributed by atoms with E-state index < -0.39 is 0 Å². The van der Waals surface area contributed by atoms with Crippen LogP contribution in [-0.4, -0.2) is 32.3 Å². The molecular weight excluding hydrogens is 417 g/mol. The van der Waals surface area contributed by atoms with Crippen molar-refractivity contribution in [1.82, 2.24) is 5.32 Å². The zero-order valence-corrected chi connectivity index (χ0v) is 17.0. The number of benzene rings is 1. The SMILES string of the molecule is CCOc1ccc(CCNC(N)=NCC2CCC2)cc1OCC.I. The lowest BCUT2D eigenvalue weighted by molar-refractivity contribution is 0.287. The summed E-state index contributed by atoms with van der Waals surface area (Å²) in [7, 11) is 0. The number of rotatable bonds is 9. The molecule has 0 saturated heterocycles. The van der Waals surface area contributed by atoms with Crippen molar-refractivity contribution in [2.24, 2.45) is 16.6 Å². The summed E-state index contributed by atoms with van der Waals surface area (Å²) in [5.41, 5.74) is 7.09. The summed E-state index contributed by atoms with van der Waals surface area (Å²) in [6.07, 6.45) is 4.80. The molecule has 1 aromatic carbocycles. The second kappa shape index (κ2) is 11.4. The summed E-state index contributed by atoms with van der Waals surface area (Å²) < 4.78 is 11.2. The molecule has 0 bridgehead atoms. The summed E-state index contributed by atoms with van der Waals surface area (Å²) in [5, 5.41) is 3.18. The van der Waals surface area contributed by atoms with Crippen LogP contribution in [0.5, 0.6) is 11.5 Å². The Bertz CT molecular complexity index is 519. The van der Waals surface area contributed by atoms with Crippen LogP contribution in [0.4, 0.5) is 0 Å². The van der Waals surface area contributed by atoms with E-state index in [0.29, 0.717) is 19.2 Å². The molecule has 0 radical (unpaired) electrons. The molecule has 2 rings (SSSR count). The zero-order valence-electron chi connectivity index (χ0n) is 14.7. The molecule has 136 valence electrons. The maximum atomic E-state index is 5.90. The van der Waals surface area contributed by atoms with Gasteiger partial charge < -0.3 is 20.5 Å². The molecule has 0 amide bonds. The van der Waals surface area contributed by atoms with E-state index in [9.17, 15) is 0 Å². The fourth-order valence-corrected chi connectivity index (χ4v) is 2.54. The van der Waals surface area contributed by atoms with Crippen LogP contribution < -0.4 is 20.5 Å². The van der Waals surface area contributed by atoms with E-state index in [1.165, 1.54) is 24.8 Å². The van der Waals surface area contributed by atoms with Crippen LogP contribution in [0.15, 0.2) is 23.2 Å². The fourth-order valence-electron chi connectivity index (χ4n) is 2.54. The number of aliphatic imine (C=N–C) groups is 1. The quantitative estimate of drug-likeness (QED) is 0.346. The first-order chi connectivity index (χ1) is 11.2. The Hall–Kier alpha value is -1.18. The minimum absolute atomic E-state index is 0. The number of guanidine groups is 1. The average molecular weight is 447 g/mol. The normalized spacial score (nSPS) is 14.5. The Labute approximate surface area is 162 Å². The molecule has 0 aliphatic heterocycles. The predicted octanol–water partition coefficient (Wildman–Crippen LogP) is 3.35. The molecule has 1 aliphatic carbocycles. The molecule has 0 unspecified atom stereocenters. The van der Waals surface area contributed by atoms with Crippen LogP contribution in [0.2, 0.25) is 0 Å². The molecule has 1 aromatic rings. The first-order valence-electron chi connectivity index (χ1n) is 8.65. The molecule has 3 N–H and O–H groups in total. The molecule has 1 saturated carbocycles. The average Bonchev–Trinajstić information content (AvgIpc) is 2.49. The van der Waals surface area contributed by atoms with Crippen molar-refractivity contribution in [2.45, 2.75) is 39.5 Å². The van der Waals surface area contributed by atoms with Gasteiger partial charge in [-0.3, -0.25) is 4.99 Å². The molecule has 0 atom stereocenters. The van der Waals surface area contributed by atoms with Gasteiger partial charge in [-0.15, -0.1) is 24.0 Å². The van der Waals surface area contributed by atoms with Crippen molar-refractivity contribution < 1.29 is 9.47 Å². The highest BCUT2D eigenvalue weighted by atomic mass is 127. The molecule has 0 aromatic heterocycles. The molecule has 5 nitrogen and oxygen atoms in total. The zero-order chi connectivity index (χ0) is 16.5. The number of nitrogens with zero attached hydrogens (tertiary/aromatic N) is 1. The Kier molecular flexibility index (Phi) is 9.90. The second-order valence-electron chi connectivity index (χ2n) is 5.85. The van der Waals surface area contributed by atoms with Gasteiger partial charge in [-0.25, -0.2) is 0 Å². The van der Waals surface area contributed by atoms with E-state index in [1.54, 1.807) is 0 Å². The van der Waals surface area contributed by atoms with Crippen LogP contribution in [0.1, 0.15) is 38.7 Å². The number of ether oxygens (including phenoxy) is 2. The van der Waals surface area contributed by atoms with E-state index in [2.05, 4.69) is 16.4 Å². The van der Waals surface area contributed by atoms with Crippen LogP contribution in [0.3, 0.4) is 0 Å². The van der Waals surface area contributed by atoms with Gasteiger partial charge in [0, 0.05) is 13.1 Å². The molecular formula is C18H30IN3O2. The van der Waals surface area contributed by atoms with Crippen LogP contribution >= 0.6 is 24.0 Å². The molecule has 6 heteroatoms. The first-order valence-corrected chi connectivity index (χ1v) is 8.65. The van der Waals surface area contributed by atoms with Gasteiger partial charge in [-0.1, -0.05) is 12.5 Å². The van der Waals surface area contributed by atoms with Gasteiger partial charge in [-0.05, 0) is 56.7 Å². The van der Waals surface area contributed by atoms with E-state index >= 15 is 0 Å². The topological polar surface area (TPSA) is 68.9 Å². The lowest BCUT2D eigenvalue weighted by Gasteiger charge is -2.23. The van der Waals surface area contributed by atoms with E-state index in [1.807, 2.05) is 26.0 Å². The molecule has 0 heterocycles. The monoisotopic (exact) mass is 447 g/mol. The summed E-state index contributed by atoms with van der Waals surface area (Å²) in [5.74, 6) is 2.90.